The fourth-order valence-corrected chi connectivity index (χ4v) is 2.53. The molecule has 0 fully saturated rings. The van der Waals surface area contributed by atoms with E-state index < -0.39 is 0 Å². The van der Waals surface area contributed by atoms with Gasteiger partial charge in [0.25, 0.3) is 0 Å². The highest BCUT2D eigenvalue weighted by atomic mass is 15.3. The fraction of sp³-hybridized carbons (Fsp3) is 0.462. The molecule has 4 heteroatoms. The van der Waals surface area contributed by atoms with Crippen molar-refractivity contribution in [3.05, 3.63) is 35.0 Å². The van der Waals surface area contributed by atoms with Crippen LogP contribution in [0.15, 0.2) is 12.4 Å². The maximum atomic E-state index is 4.51. The van der Waals surface area contributed by atoms with E-state index in [1.54, 1.807) is 6.33 Å². The summed E-state index contributed by atoms with van der Waals surface area (Å²) in [5, 5.41) is 4.51. The SMILES string of the molecule is Cc1cc(C)n(-c2ncnc3c2CCCC3)n1. The van der Waals surface area contributed by atoms with E-state index in [1.165, 1.54) is 24.1 Å². The van der Waals surface area contributed by atoms with Gasteiger partial charge in [-0.15, -0.1) is 0 Å². The summed E-state index contributed by atoms with van der Waals surface area (Å²) < 4.78 is 1.95. The maximum Gasteiger partial charge on any atom is 0.160 e. The molecule has 3 rings (SSSR count). The lowest BCUT2D eigenvalue weighted by Gasteiger charge is -2.17. The van der Waals surface area contributed by atoms with Crippen molar-refractivity contribution in [2.24, 2.45) is 0 Å². The van der Waals surface area contributed by atoms with Crippen molar-refractivity contribution in [3.63, 3.8) is 0 Å². The molecule has 0 bridgehead atoms. The second kappa shape index (κ2) is 3.95. The highest BCUT2D eigenvalue weighted by molar-refractivity contribution is 5.39. The minimum Gasteiger partial charge on any atom is -0.241 e. The molecule has 1 aliphatic rings. The smallest absolute Gasteiger partial charge is 0.160 e. The molecule has 0 radical (unpaired) electrons. The van der Waals surface area contributed by atoms with Gasteiger partial charge in [-0.2, -0.15) is 5.10 Å². The lowest BCUT2D eigenvalue weighted by Crippen LogP contribution is -2.13. The zero-order chi connectivity index (χ0) is 11.8. The number of hydrogen-bond donors (Lipinski definition) is 0. The Balaban J connectivity index is 2.17. The molecule has 0 N–H and O–H groups in total. The number of aryl methyl sites for hydroxylation is 3. The fourth-order valence-electron chi connectivity index (χ4n) is 2.53. The molecule has 2 heterocycles. The third-order valence-electron chi connectivity index (χ3n) is 3.31. The van der Waals surface area contributed by atoms with Crippen molar-refractivity contribution in [2.75, 3.05) is 0 Å². The van der Waals surface area contributed by atoms with Gasteiger partial charge in [-0.05, 0) is 45.6 Å². The van der Waals surface area contributed by atoms with Gasteiger partial charge in [0.15, 0.2) is 5.82 Å². The lowest BCUT2D eigenvalue weighted by molar-refractivity contribution is 0.647. The summed E-state index contributed by atoms with van der Waals surface area (Å²) >= 11 is 0. The van der Waals surface area contributed by atoms with Crippen LogP contribution in [-0.4, -0.2) is 19.7 Å². The second-order valence-corrected chi connectivity index (χ2v) is 4.67. The Hall–Kier alpha value is -1.71. The van der Waals surface area contributed by atoms with Gasteiger partial charge in [0.05, 0.1) is 5.69 Å². The lowest BCUT2D eigenvalue weighted by atomic mass is 9.96. The minimum atomic E-state index is 0.972. The molecule has 2 aromatic heterocycles. The van der Waals surface area contributed by atoms with Crippen LogP contribution in [-0.2, 0) is 12.8 Å². The molecule has 0 aliphatic heterocycles. The summed E-state index contributed by atoms with van der Waals surface area (Å²) in [4.78, 5) is 8.82. The summed E-state index contributed by atoms with van der Waals surface area (Å²) in [6, 6.07) is 2.08. The van der Waals surface area contributed by atoms with Crippen molar-refractivity contribution >= 4 is 0 Å². The molecule has 88 valence electrons. The van der Waals surface area contributed by atoms with Crippen LogP contribution in [0.25, 0.3) is 5.82 Å². The third-order valence-corrected chi connectivity index (χ3v) is 3.31. The van der Waals surface area contributed by atoms with Crippen molar-refractivity contribution in [3.8, 4) is 5.82 Å². The zero-order valence-electron chi connectivity index (χ0n) is 10.3. The van der Waals surface area contributed by atoms with Gasteiger partial charge in [0, 0.05) is 17.0 Å². The molecular formula is C13H16N4. The van der Waals surface area contributed by atoms with Crippen LogP contribution in [0.5, 0.6) is 0 Å². The van der Waals surface area contributed by atoms with Crippen molar-refractivity contribution in [1.82, 2.24) is 19.7 Å². The largest absolute Gasteiger partial charge is 0.241 e. The van der Waals surface area contributed by atoms with E-state index in [-0.39, 0.29) is 0 Å². The van der Waals surface area contributed by atoms with Crippen molar-refractivity contribution < 1.29 is 0 Å². The van der Waals surface area contributed by atoms with Crippen LogP contribution < -0.4 is 0 Å². The van der Waals surface area contributed by atoms with Crippen LogP contribution in [0, 0.1) is 13.8 Å². The molecule has 0 amide bonds. The van der Waals surface area contributed by atoms with Gasteiger partial charge in [0.1, 0.15) is 6.33 Å². The highest BCUT2D eigenvalue weighted by Crippen LogP contribution is 2.24. The summed E-state index contributed by atoms with van der Waals surface area (Å²) in [6.07, 6.45) is 6.27. The summed E-state index contributed by atoms with van der Waals surface area (Å²) in [5.41, 5.74) is 4.65. The minimum absolute atomic E-state index is 0.972. The average molecular weight is 228 g/mol. The van der Waals surface area contributed by atoms with Gasteiger partial charge in [0.2, 0.25) is 0 Å². The van der Waals surface area contributed by atoms with Crippen LogP contribution in [0.2, 0.25) is 0 Å². The average Bonchev–Trinajstić information content (AvgIpc) is 2.68. The Morgan fingerprint density at radius 2 is 1.94 bits per heavy atom. The highest BCUT2D eigenvalue weighted by Gasteiger charge is 2.17. The van der Waals surface area contributed by atoms with Crippen molar-refractivity contribution in [2.45, 2.75) is 39.5 Å². The third kappa shape index (κ3) is 1.73. The van der Waals surface area contributed by atoms with E-state index >= 15 is 0 Å². The Morgan fingerprint density at radius 1 is 1.12 bits per heavy atom. The molecule has 0 atom stereocenters. The monoisotopic (exact) mass is 228 g/mol. The number of rotatable bonds is 1. The first-order valence-electron chi connectivity index (χ1n) is 6.12. The molecule has 0 aromatic carbocycles. The molecule has 0 saturated carbocycles. The molecule has 0 saturated heterocycles. The number of fused-ring (bicyclic) bond motifs is 1. The van der Waals surface area contributed by atoms with Gasteiger partial charge in [-0.25, -0.2) is 14.6 Å². The normalized spacial score (nSPS) is 14.7. The first kappa shape index (κ1) is 10.4. The number of nitrogens with zero attached hydrogens (tertiary/aromatic N) is 4. The van der Waals surface area contributed by atoms with E-state index in [0.717, 1.165) is 30.0 Å². The molecule has 0 spiro atoms. The quantitative estimate of drug-likeness (QED) is 0.751. The summed E-state index contributed by atoms with van der Waals surface area (Å²) in [7, 11) is 0. The van der Waals surface area contributed by atoms with Crippen LogP contribution in [0.4, 0.5) is 0 Å². The second-order valence-electron chi connectivity index (χ2n) is 4.67. The Bertz CT molecular complexity index is 557. The van der Waals surface area contributed by atoms with E-state index in [2.05, 4.69) is 28.1 Å². The first-order chi connectivity index (χ1) is 8.25. The van der Waals surface area contributed by atoms with E-state index in [4.69, 9.17) is 0 Å². The van der Waals surface area contributed by atoms with Crippen LogP contribution >= 0.6 is 0 Å². The zero-order valence-corrected chi connectivity index (χ0v) is 10.3. The molecule has 2 aromatic rings. The molecule has 0 unspecified atom stereocenters. The Morgan fingerprint density at radius 3 is 2.71 bits per heavy atom. The maximum absolute atomic E-state index is 4.51. The molecule has 4 nitrogen and oxygen atoms in total. The van der Waals surface area contributed by atoms with Crippen molar-refractivity contribution in [1.29, 1.82) is 0 Å². The van der Waals surface area contributed by atoms with Gasteiger partial charge in [-0.1, -0.05) is 0 Å². The molecule has 1 aliphatic carbocycles. The Labute approximate surface area is 101 Å². The van der Waals surface area contributed by atoms with E-state index in [1.807, 2.05) is 11.6 Å². The van der Waals surface area contributed by atoms with E-state index in [9.17, 15) is 0 Å². The summed E-state index contributed by atoms with van der Waals surface area (Å²) in [6.45, 7) is 4.08. The predicted octanol–water partition coefficient (Wildman–Crippen LogP) is 2.16. The molecular weight excluding hydrogens is 212 g/mol. The van der Waals surface area contributed by atoms with Crippen LogP contribution in [0.1, 0.15) is 35.5 Å². The summed E-state index contributed by atoms with van der Waals surface area (Å²) in [5.74, 6) is 0.972. The topological polar surface area (TPSA) is 43.6 Å². The Kier molecular flexibility index (Phi) is 2.42. The van der Waals surface area contributed by atoms with Gasteiger partial charge < -0.3 is 0 Å². The van der Waals surface area contributed by atoms with Gasteiger partial charge >= 0.3 is 0 Å². The number of aromatic nitrogens is 4. The molecule has 17 heavy (non-hydrogen) atoms. The van der Waals surface area contributed by atoms with E-state index in [0.29, 0.717) is 0 Å². The standard InChI is InChI=1S/C13H16N4/c1-9-7-10(2)17(16-9)13-11-5-3-4-6-12(11)14-8-15-13/h7-8H,3-6H2,1-2H3. The van der Waals surface area contributed by atoms with Gasteiger partial charge in [-0.3, -0.25) is 0 Å². The van der Waals surface area contributed by atoms with Crippen LogP contribution in [0.3, 0.4) is 0 Å². The predicted molar refractivity (Wildman–Crippen MR) is 65.3 cm³/mol. The first-order valence-corrected chi connectivity index (χ1v) is 6.12. The number of hydrogen-bond acceptors (Lipinski definition) is 3.